The zero-order valence-corrected chi connectivity index (χ0v) is 11.2. The van der Waals surface area contributed by atoms with Crippen LogP contribution in [0, 0.1) is 0 Å². The van der Waals surface area contributed by atoms with Crippen LogP contribution >= 0.6 is 11.3 Å². The van der Waals surface area contributed by atoms with Crippen LogP contribution in [-0.4, -0.2) is 15.5 Å². The maximum Gasteiger partial charge on any atom is 0.123 e. The van der Waals surface area contributed by atoms with Gasteiger partial charge in [0.2, 0.25) is 0 Å². The van der Waals surface area contributed by atoms with E-state index in [0.29, 0.717) is 0 Å². The molecule has 0 aliphatic heterocycles. The van der Waals surface area contributed by atoms with Gasteiger partial charge in [-0.25, -0.2) is 4.98 Å². The minimum atomic E-state index is 0.140. The average molecular weight is 247 g/mol. The lowest BCUT2D eigenvalue weighted by atomic mass is 10.1. The molecule has 0 aliphatic rings. The Labute approximate surface area is 106 Å². The molecular weight excluding hydrogens is 230 g/mol. The summed E-state index contributed by atoms with van der Waals surface area (Å²) in [4.78, 5) is 9.70. The fourth-order valence-electron chi connectivity index (χ4n) is 1.37. The van der Waals surface area contributed by atoms with E-state index in [1.54, 1.807) is 23.7 Å². The molecule has 0 fully saturated rings. The van der Waals surface area contributed by atoms with Crippen LogP contribution < -0.4 is 5.32 Å². The summed E-state index contributed by atoms with van der Waals surface area (Å²) in [6.45, 7) is 7.36. The van der Waals surface area contributed by atoms with Crippen molar-refractivity contribution in [2.75, 3.05) is 0 Å². The van der Waals surface area contributed by atoms with Gasteiger partial charge < -0.3 is 5.32 Å². The molecule has 0 bridgehead atoms. The molecule has 0 amide bonds. The molecule has 4 heteroatoms. The summed E-state index contributed by atoms with van der Waals surface area (Å²) in [5, 5.41) is 4.51. The summed E-state index contributed by atoms with van der Waals surface area (Å²) in [7, 11) is 0. The fraction of sp³-hybridized carbons (Fsp3) is 0.385. The third-order valence-corrected chi connectivity index (χ3v) is 3.32. The maximum absolute atomic E-state index is 4.44. The fourth-order valence-corrected chi connectivity index (χ4v) is 2.23. The van der Waals surface area contributed by atoms with Crippen LogP contribution in [0.4, 0.5) is 0 Å². The number of rotatable bonds is 3. The molecule has 2 rings (SSSR count). The van der Waals surface area contributed by atoms with Crippen molar-refractivity contribution < 1.29 is 0 Å². The molecule has 2 aromatic heterocycles. The first kappa shape index (κ1) is 12.2. The van der Waals surface area contributed by atoms with E-state index in [0.717, 1.165) is 17.1 Å². The molecule has 0 radical (unpaired) electrons. The molecule has 0 unspecified atom stereocenters. The van der Waals surface area contributed by atoms with Crippen molar-refractivity contribution in [2.24, 2.45) is 0 Å². The Morgan fingerprint density at radius 1 is 1.24 bits per heavy atom. The molecule has 0 saturated carbocycles. The quantitative estimate of drug-likeness (QED) is 0.905. The number of nitrogens with one attached hydrogen (secondary N) is 1. The molecule has 0 spiro atoms. The minimum Gasteiger partial charge on any atom is -0.307 e. The molecule has 2 aromatic rings. The first-order chi connectivity index (χ1) is 8.04. The monoisotopic (exact) mass is 247 g/mol. The Kier molecular flexibility index (Phi) is 3.54. The van der Waals surface area contributed by atoms with Gasteiger partial charge in [0.1, 0.15) is 5.01 Å². The van der Waals surface area contributed by atoms with Gasteiger partial charge in [-0.05, 0) is 32.9 Å². The summed E-state index contributed by atoms with van der Waals surface area (Å²) in [5.41, 5.74) is 1.27. The Hall–Kier alpha value is -1.26. The highest BCUT2D eigenvalue weighted by Gasteiger charge is 2.10. The number of aromatic nitrogens is 2. The molecule has 3 nitrogen and oxygen atoms in total. The predicted octanol–water partition coefficient (Wildman–Crippen LogP) is 3.09. The lowest BCUT2D eigenvalue weighted by molar-refractivity contribution is 0.426. The van der Waals surface area contributed by atoms with Crippen LogP contribution in [0.1, 0.15) is 25.6 Å². The van der Waals surface area contributed by atoms with Crippen molar-refractivity contribution >= 4 is 11.3 Å². The maximum atomic E-state index is 4.44. The number of hydrogen-bond donors (Lipinski definition) is 1. The summed E-state index contributed by atoms with van der Waals surface area (Å²) < 4.78 is 0. The highest BCUT2D eigenvalue weighted by molar-refractivity contribution is 7.15. The number of pyridine rings is 1. The standard InChI is InChI=1S/C13H17N3S/c1-13(2,3)16-9-11-8-15-12(17-11)10-4-6-14-7-5-10/h4-8,16H,9H2,1-3H3. The molecule has 1 N–H and O–H groups in total. The van der Waals surface area contributed by atoms with Crippen molar-refractivity contribution in [3.63, 3.8) is 0 Å². The van der Waals surface area contributed by atoms with Crippen LogP contribution in [0.25, 0.3) is 10.6 Å². The van der Waals surface area contributed by atoms with Crippen molar-refractivity contribution in [3.05, 3.63) is 35.6 Å². The highest BCUT2D eigenvalue weighted by atomic mass is 32.1. The van der Waals surface area contributed by atoms with Gasteiger partial charge in [-0.2, -0.15) is 0 Å². The third-order valence-electron chi connectivity index (χ3n) is 2.27. The largest absolute Gasteiger partial charge is 0.307 e. The molecule has 17 heavy (non-hydrogen) atoms. The topological polar surface area (TPSA) is 37.8 Å². The van der Waals surface area contributed by atoms with Crippen molar-refractivity contribution in [2.45, 2.75) is 32.9 Å². The van der Waals surface area contributed by atoms with Crippen LogP contribution in [0.15, 0.2) is 30.7 Å². The van der Waals surface area contributed by atoms with Gasteiger partial charge in [-0.15, -0.1) is 11.3 Å². The molecular formula is C13H17N3S. The highest BCUT2D eigenvalue weighted by Crippen LogP contribution is 2.24. The smallest absolute Gasteiger partial charge is 0.123 e. The average Bonchev–Trinajstić information content (AvgIpc) is 2.75. The van der Waals surface area contributed by atoms with Crippen molar-refractivity contribution in [1.29, 1.82) is 0 Å². The van der Waals surface area contributed by atoms with Gasteiger partial charge in [0.05, 0.1) is 0 Å². The summed E-state index contributed by atoms with van der Waals surface area (Å²) in [5.74, 6) is 0. The molecule has 0 atom stereocenters. The van der Waals surface area contributed by atoms with Gasteiger partial charge in [0, 0.05) is 41.1 Å². The normalized spacial score (nSPS) is 11.7. The van der Waals surface area contributed by atoms with E-state index >= 15 is 0 Å². The lowest BCUT2D eigenvalue weighted by Crippen LogP contribution is -2.34. The van der Waals surface area contributed by atoms with Gasteiger partial charge in [-0.1, -0.05) is 0 Å². The van der Waals surface area contributed by atoms with E-state index in [4.69, 9.17) is 0 Å². The molecule has 2 heterocycles. The van der Waals surface area contributed by atoms with E-state index in [1.165, 1.54) is 4.88 Å². The molecule has 0 saturated heterocycles. The summed E-state index contributed by atoms with van der Waals surface area (Å²) in [6, 6.07) is 3.97. The third kappa shape index (κ3) is 3.61. The Morgan fingerprint density at radius 3 is 2.59 bits per heavy atom. The SMILES string of the molecule is CC(C)(C)NCc1cnc(-c2ccncc2)s1. The molecule has 90 valence electrons. The molecule has 0 aromatic carbocycles. The van der Waals surface area contributed by atoms with Crippen LogP contribution in [-0.2, 0) is 6.54 Å². The summed E-state index contributed by atoms with van der Waals surface area (Å²) >= 11 is 1.73. The first-order valence-electron chi connectivity index (χ1n) is 5.65. The van der Waals surface area contributed by atoms with Gasteiger partial charge in [0.25, 0.3) is 0 Å². The second kappa shape index (κ2) is 4.94. The minimum absolute atomic E-state index is 0.140. The Morgan fingerprint density at radius 2 is 1.94 bits per heavy atom. The van der Waals surface area contributed by atoms with Crippen molar-refractivity contribution in [1.82, 2.24) is 15.3 Å². The van der Waals surface area contributed by atoms with Gasteiger partial charge in [0.15, 0.2) is 0 Å². The van der Waals surface area contributed by atoms with Gasteiger partial charge in [-0.3, -0.25) is 4.98 Å². The molecule has 0 aliphatic carbocycles. The van der Waals surface area contributed by atoms with Crippen molar-refractivity contribution in [3.8, 4) is 10.6 Å². The summed E-state index contributed by atoms with van der Waals surface area (Å²) in [6.07, 6.45) is 5.53. The number of hydrogen-bond acceptors (Lipinski definition) is 4. The number of thiazole rings is 1. The Bertz CT molecular complexity index is 471. The van der Waals surface area contributed by atoms with E-state index in [9.17, 15) is 0 Å². The van der Waals surface area contributed by atoms with E-state index in [2.05, 4.69) is 36.1 Å². The second-order valence-electron chi connectivity index (χ2n) is 4.97. The number of nitrogens with zero attached hydrogens (tertiary/aromatic N) is 2. The predicted molar refractivity (Wildman–Crippen MR) is 71.9 cm³/mol. The van der Waals surface area contributed by atoms with Crippen LogP contribution in [0.5, 0.6) is 0 Å². The van der Waals surface area contributed by atoms with Crippen LogP contribution in [0.2, 0.25) is 0 Å². The van der Waals surface area contributed by atoms with E-state index in [-0.39, 0.29) is 5.54 Å². The Balaban J connectivity index is 2.07. The van der Waals surface area contributed by atoms with Crippen LogP contribution in [0.3, 0.4) is 0 Å². The lowest BCUT2D eigenvalue weighted by Gasteiger charge is -2.19. The first-order valence-corrected chi connectivity index (χ1v) is 6.46. The zero-order chi connectivity index (χ0) is 12.3. The van der Waals surface area contributed by atoms with E-state index in [1.807, 2.05) is 18.3 Å². The zero-order valence-electron chi connectivity index (χ0n) is 10.4. The second-order valence-corrected chi connectivity index (χ2v) is 6.09. The van der Waals surface area contributed by atoms with Gasteiger partial charge >= 0.3 is 0 Å². The van der Waals surface area contributed by atoms with E-state index < -0.39 is 0 Å².